The lowest BCUT2D eigenvalue weighted by molar-refractivity contribution is 0.0519. The van der Waals surface area contributed by atoms with Gasteiger partial charge in [-0.05, 0) is 25.5 Å². The van der Waals surface area contributed by atoms with E-state index in [0.717, 1.165) is 0 Å². The van der Waals surface area contributed by atoms with Crippen molar-refractivity contribution in [2.45, 2.75) is 25.9 Å². The third-order valence-electron chi connectivity index (χ3n) is 2.19. The van der Waals surface area contributed by atoms with Gasteiger partial charge in [0.05, 0.1) is 14.8 Å². The van der Waals surface area contributed by atoms with Crippen LogP contribution in [0.15, 0.2) is 12.1 Å². The van der Waals surface area contributed by atoms with Crippen molar-refractivity contribution in [3.05, 3.63) is 21.3 Å². The molecule has 0 spiro atoms. The molecule has 0 radical (unpaired) electrons. The van der Waals surface area contributed by atoms with Crippen LogP contribution in [0.4, 0.5) is 0 Å². The second-order valence-corrected chi connectivity index (χ2v) is 5.35. The molecule has 1 amide bonds. The van der Waals surface area contributed by atoms with Crippen molar-refractivity contribution in [1.82, 2.24) is 5.32 Å². The van der Waals surface area contributed by atoms with Gasteiger partial charge in [0.2, 0.25) is 0 Å². The van der Waals surface area contributed by atoms with E-state index in [1.807, 2.05) is 6.92 Å². The van der Waals surface area contributed by atoms with E-state index in [9.17, 15) is 9.90 Å². The summed E-state index contributed by atoms with van der Waals surface area (Å²) in [5, 5.41) is 12.4. The van der Waals surface area contributed by atoms with Gasteiger partial charge in [-0.15, -0.1) is 11.3 Å². The van der Waals surface area contributed by atoms with E-state index in [1.54, 1.807) is 19.1 Å². The van der Waals surface area contributed by atoms with Gasteiger partial charge in [-0.25, -0.2) is 0 Å². The first-order chi connectivity index (χ1) is 6.94. The lowest BCUT2D eigenvalue weighted by atomic mass is 10.0. The molecule has 0 saturated heterocycles. The topological polar surface area (TPSA) is 49.3 Å². The van der Waals surface area contributed by atoms with Crippen LogP contribution in [0.3, 0.4) is 0 Å². The Hall–Kier alpha value is -0.580. The fourth-order valence-corrected chi connectivity index (χ4v) is 1.88. The van der Waals surface area contributed by atoms with Crippen LogP contribution in [-0.2, 0) is 0 Å². The molecule has 2 N–H and O–H groups in total. The van der Waals surface area contributed by atoms with E-state index < -0.39 is 5.60 Å². The fourth-order valence-electron chi connectivity index (χ4n) is 0.919. The molecule has 1 atom stereocenters. The monoisotopic (exact) mass is 247 g/mol. The smallest absolute Gasteiger partial charge is 0.261 e. The van der Waals surface area contributed by atoms with Gasteiger partial charge in [0.25, 0.3) is 5.91 Å². The van der Waals surface area contributed by atoms with E-state index in [0.29, 0.717) is 15.6 Å². The quantitative estimate of drug-likeness (QED) is 0.858. The van der Waals surface area contributed by atoms with Crippen molar-refractivity contribution in [2.75, 3.05) is 6.54 Å². The Morgan fingerprint density at radius 1 is 1.67 bits per heavy atom. The van der Waals surface area contributed by atoms with Gasteiger partial charge in [-0.1, -0.05) is 18.5 Å². The van der Waals surface area contributed by atoms with Crippen molar-refractivity contribution in [3.8, 4) is 0 Å². The van der Waals surface area contributed by atoms with Gasteiger partial charge in [-0.3, -0.25) is 4.79 Å². The number of aliphatic hydroxyl groups is 1. The predicted molar refractivity (Wildman–Crippen MR) is 62.6 cm³/mol. The number of hydrogen-bond donors (Lipinski definition) is 2. The molecule has 0 bridgehead atoms. The van der Waals surface area contributed by atoms with Crippen LogP contribution in [0.2, 0.25) is 4.34 Å². The predicted octanol–water partition coefficient (Wildman–Crippen LogP) is 2.29. The third-order valence-corrected chi connectivity index (χ3v) is 3.42. The van der Waals surface area contributed by atoms with E-state index >= 15 is 0 Å². The fraction of sp³-hybridized carbons (Fsp3) is 0.500. The van der Waals surface area contributed by atoms with Crippen molar-refractivity contribution in [1.29, 1.82) is 0 Å². The van der Waals surface area contributed by atoms with Gasteiger partial charge in [0, 0.05) is 6.54 Å². The minimum absolute atomic E-state index is 0.194. The molecule has 0 aliphatic heterocycles. The van der Waals surface area contributed by atoms with Gasteiger partial charge in [-0.2, -0.15) is 0 Å². The van der Waals surface area contributed by atoms with Crippen LogP contribution in [0.25, 0.3) is 0 Å². The Morgan fingerprint density at radius 2 is 2.33 bits per heavy atom. The van der Waals surface area contributed by atoms with E-state index in [1.165, 1.54) is 11.3 Å². The van der Waals surface area contributed by atoms with Gasteiger partial charge >= 0.3 is 0 Å². The Morgan fingerprint density at radius 3 is 2.80 bits per heavy atom. The molecule has 15 heavy (non-hydrogen) atoms. The lowest BCUT2D eigenvalue weighted by Crippen LogP contribution is -2.39. The maximum Gasteiger partial charge on any atom is 0.261 e. The first-order valence-electron chi connectivity index (χ1n) is 4.70. The van der Waals surface area contributed by atoms with Crippen LogP contribution in [-0.4, -0.2) is 23.2 Å². The largest absolute Gasteiger partial charge is 0.388 e. The summed E-state index contributed by atoms with van der Waals surface area (Å²) in [5.74, 6) is -0.194. The van der Waals surface area contributed by atoms with Crippen LogP contribution >= 0.6 is 22.9 Å². The minimum Gasteiger partial charge on any atom is -0.388 e. The molecule has 3 nitrogen and oxygen atoms in total. The molecule has 0 aliphatic rings. The molecular formula is C10H14ClNO2S. The summed E-state index contributed by atoms with van der Waals surface area (Å²) in [6.07, 6.45) is 0.596. The number of carbonyl (C=O) groups is 1. The van der Waals surface area contributed by atoms with Crippen molar-refractivity contribution < 1.29 is 9.90 Å². The van der Waals surface area contributed by atoms with Crippen LogP contribution in [0, 0.1) is 0 Å². The average molecular weight is 248 g/mol. The van der Waals surface area contributed by atoms with Crippen LogP contribution in [0.1, 0.15) is 29.9 Å². The zero-order valence-corrected chi connectivity index (χ0v) is 10.3. The number of rotatable bonds is 4. The molecule has 84 valence electrons. The highest BCUT2D eigenvalue weighted by atomic mass is 35.5. The number of amides is 1. The Bertz CT molecular complexity index is 349. The summed E-state index contributed by atoms with van der Waals surface area (Å²) in [7, 11) is 0. The Balaban J connectivity index is 2.50. The van der Waals surface area contributed by atoms with Crippen LogP contribution in [0.5, 0.6) is 0 Å². The molecule has 1 rings (SSSR count). The maximum atomic E-state index is 11.6. The summed E-state index contributed by atoms with van der Waals surface area (Å²) in [4.78, 5) is 12.1. The first kappa shape index (κ1) is 12.5. The second kappa shape index (κ2) is 4.96. The summed E-state index contributed by atoms with van der Waals surface area (Å²) >= 11 is 6.94. The summed E-state index contributed by atoms with van der Waals surface area (Å²) in [6.45, 7) is 3.81. The number of nitrogens with one attached hydrogen (secondary N) is 1. The molecule has 1 aromatic rings. The van der Waals surface area contributed by atoms with Gasteiger partial charge in [0.1, 0.15) is 0 Å². The van der Waals surface area contributed by atoms with Crippen molar-refractivity contribution >= 4 is 28.8 Å². The normalized spacial score (nSPS) is 14.7. The number of halogens is 1. The first-order valence-corrected chi connectivity index (χ1v) is 5.90. The molecule has 1 unspecified atom stereocenters. The van der Waals surface area contributed by atoms with Gasteiger partial charge in [0.15, 0.2) is 0 Å². The standard InChI is InChI=1S/C10H14ClNO2S/c1-3-10(2,14)6-12-9(13)7-4-5-8(11)15-7/h4-5,14H,3,6H2,1-2H3,(H,12,13). The highest BCUT2D eigenvalue weighted by molar-refractivity contribution is 7.17. The van der Waals surface area contributed by atoms with Crippen LogP contribution < -0.4 is 5.32 Å². The molecule has 0 aliphatic carbocycles. The third kappa shape index (κ3) is 3.81. The Kier molecular flexibility index (Phi) is 4.13. The van der Waals surface area contributed by atoms with Gasteiger partial charge < -0.3 is 10.4 Å². The highest BCUT2D eigenvalue weighted by Crippen LogP contribution is 2.21. The number of carbonyl (C=O) groups excluding carboxylic acids is 1. The van der Waals surface area contributed by atoms with E-state index in [4.69, 9.17) is 11.6 Å². The highest BCUT2D eigenvalue weighted by Gasteiger charge is 2.19. The molecule has 0 aromatic carbocycles. The lowest BCUT2D eigenvalue weighted by Gasteiger charge is -2.21. The number of thiophene rings is 1. The zero-order chi connectivity index (χ0) is 11.5. The summed E-state index contributed by atoms with van der Waals surface area (Å²) < 4.78 is 0.586. The summed E-state index contributed by atoms with van der Waals surface area (Å²) in [6, 6.07) is 3.35. The van der Waals surface area contributed by atoms with Crippen molar-refractivity contribution in [2.24, 2.45) is 0 Å². The molecule has 0 fully saturated rings. The Labute approximate surface area is 98.1 Å². The van der Waals surface area contributed by atoms with E-state index in [-0.39, 0.29) is 12.5 Å². The SMILES string of the molecule is CCC(C)(O)CNC(=O)c1ccc(Cl)s1. The molecular weight excluding hydrogens is 234 g/mol. The molecule has 1 aromatic heterocycles. The zero-order valence-electron chi connectivity index (χ0n) is 8.71. The second-order valence-electron chi connectivity index (χ2n) is 3.64. The number of hydrogen-bond acceptors (Lipinski definition) is 3. The molecule has 0 saturated carbocycles. The summed E-state index contributed by atoms with van der Waals surface area (Å²) in [5.41, 5.74) is -0.850. The average Bonchev–Trinajstić information content (AvgIpc) is 2.61. The maximum absolute atomic E-state index is 11.6. The van der Waals surface area contributed by atoms with E-state index in [2.05, 4.69) is 5.32 Å². The molecule has 1 heterocycles. The molecule has 5 heteroatoms. The van der Waals surface area contributed by atoms with Crippen molar-refractivity contribution in [3.63, 3.8) is 0 Å². The minimum atomic E-state index is -0.850.